The van der Waals surface area contributed by atoms with Gasteiger partial charge in [0.2, 0.25) is 0 Å². The van der Waals surface area contributed by atoms with E-state index in [1.54, 1.807) is 12.1 Å². The first-order valence-corrected chi connectivity index (χ1v) is 11.8. The third kappa shape index (κ3) is 4.80. The average Bonchev–Trinajstić information content (AvgIpc) is 2.83. The first-order chi connectivity index (χ1) is 16.1. The third-order valence-electron chi connectivity index (χ3n) is 6.30. The Hall–Kier alpha value is -3.13. The largest absolute Gasteiger partial charge is 0.486 e. The highest BCUT2D eigenvalue weighted by molar-refractivity contribution is 7.80. The van der Waals surface area contributed by atoms with Crippen LogP contribution < -0.4 is 20.3 Å². The van der Waals surface area contributed by atoms with Gasteiger partial charge in [0.25, 0.3) is 5.56 Å². The number of aromatic nitrogens is 1. The number of fused-ring (bicyclic) bond motifs is 2. The number of hydrogen-bond acceptors (Lipinski definition) is 4. The summed E-state index contributed by atoms with van der Waals surface area (Å²) < 4.78 is 24.7. The van der Waals surface area contributed by atoms with Gasteiger partial charge in [0.1, 0.15) is 19.0 Å². The molecule has 2 heterocycles. The van der Waals surface area contributed by atoms with Gasteiger partial charge >= 0.3 is 0 Å². The van der Waals surface area contributed by atoms with Crippen LogP contribution in [0, 0.1) is 5.82 Å². The molecule has 33 heavy (non-hydrogen) atoms. The number of nitrogens with one attached hydrogen (secondary N) is 2. The van der Waals surface area contributed by atoms with Crippen molar-refractivity contribution >= 4 is 33.9 Å². The van der Waals surface area contributed by atoms with Crippen LogP contribution in [0.5, 0.6) is 11.5 Å². The van der Waals surface area contributed by atoms with Crippen LogP contribution in [0.4, 0.5) is 10.1 Å². The SMILES string of the molecule is O=c1[nH]c2cc3c(cc2cc1CN(C(=S)Nc1ccc(F)cc1)C1CCCCC1)OCCO3. The van der Waals surface area contributed by atoms with Crippen LogP contribution in [0.2, 0.25) is 0 Å². The fraction of sp³-hybridized carbons (Fsp3) is 0.360. The van der Waals surface area contributed by atoms with Crippen LogP contribution in [0.1, 0.15) is 37.7 Å². The van der Waals surface area contributed by atoms with E-state index < -0.39 is 0 Å². The molecule has 2 N–H and O–H groups in total. The predicted molar refractivity (Wildman–Crippen MR) is 131 cm³/mol. The van der Waals surface area contributed by atoms with E-state index in [0.717, 1.165) is 36.8 Å². The summed E-state index contributed by atoms with van der Waals surface area (Å²) in [6.45, 7) is 1.39. The smallest absolute Gasteiger partial charge is 0.253 e. The molecule has 5 rings (SSSR count). The molecular formula is C25H26FN3O3S. The maximum absolute atomic E-state index is 13.3. The summed E-state index contributed by atoms with van der Waals surface area (Å²) in [5.74, 6) is 1.03. The number of benzene rings is 2. The lowest BCUT2D eigenvalue weighted by Crippen LogP contribution is -2.44. The lowest BCUT2D eigenvalue weighted by atomic mass is 9.94. The molecule has 0 saturated heterocycles. The van der Waals surface area contributed by atoms with Crippen molar-refractivity contribution in [1.82, 2.24) is 9.88 Å². The van der Waals surface area contributed by atoms with Gasteiger partial charge < -0.3 is 24.7 Å². The van der Waals surface area contributed by atoms with Crippen molar-refractivity contribution < 1.29 is 13.9 Å². The number of thiocarbonyl (C=S) groups is 1. The van der Waals surface area contributed by atoms with Crippen LogP contribution in [-0.4, -0.2) is 34.3 Å². The molecule has 0 unspecified atom stereocenters. The van der Waals surface area contributed by atoms with Crippen LogP contribution >= 0.6 is 12.2 Å². The van der Waals surface area contributed by atoms with E-state index in [4.69, 9.17) is 21.7 Å². The topological polar surface area (TPSA) is 66.6 Å². The van der Waals surface area contributed by atoms with Gasteiger partial charge in [-0.05, 0) is 61.5 Å². The van der Waals surface area contributed by atoms with Crippen LogP contribution in [0.25, 0.3) is 10.9 Å². The van der Waals surface area contributed by atoms with E-state index in [9.17, 15) is 9.18 Å². The molecule has 1 fully saturated rings. The van der Waals surface area contributed by atoms with Gasteiger partial charge in [0, 0.05) is 28.7 Å². The van der Waals surface area contributed by atoms with Crippen molar-refractivity contribution in [1.29, 1.82) is 0 Å². The Morgan fingerprint density at radius 2 is 1.76 bits per heavy atom. The summed E-state index contributed by atoms with van der Waals surface area (Å²) in [5, 5.41) is 4.65. The van der Waals surface area contributed by atoms with Gasteiger partial charge in [0.05, 0.1) is 12.1 Å². The molecule has 0 amide bonds. The second kappa shape index (κ2) is 9.39. The highest BCUT2D eigenvalue weighted by Crippen LogP contribution is 2.34. The first kappa shape index (κ1) is 21.7. The molecule has 6 nitrogen and oxygen atoms in total. The normalized spacial score (nSPS) is 15.9. The molecule has 0 atom stereocenters. The average molecular weight is 468 g/mol. The third-order valence-corrected chi connectivity index (χ3v) is 6.63. The second-order valence-electron chi connectivity index (χ2n) is 8.56. The van der Waals surface area contributed by atoms with E-state index in [1.807, 2.05) is 18.2 Å². The monoisotopic (exact) mass is 467 g/mol. The van der Waals surface area contributed by atoms with Crippen molar-refractivity contribution in [2.75, 3.05) is 18.5 Å². The minimum absolute atomic E-state index is 0.149. The number of halogens is 1. The van der Waals surface area contributed by atoms with E-state index in [0.29, 0.717) is 47.5 Å². The Morgan fingerprint density at radius 3 is 2.48 bits per heavy atom. The Bertz CT molecular complexity index is 1220. The van der Waals surface area contributed by atoms with E-state index in [1.165, 1.54) is 18.6 Å². The fourth-order valence-electron chi connectivity index (χ4n) is 4.58. The minimum Gasteiger partial charge on any atom is -0.486 e. The molecule has 2 aliphatic rings. The zero-order chi connectivity index (χ0) is 22.8. The Balaban J connectivity index is 1.45. The van der Waals surface area contributed by atoms with E-state index in [-0.39, 0.29) is 17.4 Å². The van der Waals surface area contributed by atoms with E-state index >= 15 is 0 Å². The summed E-state index contributed by atoms with van der Waals surface area (Å²) in [6.07, 6.45) is 5.53. The van der Waals surface area contributed by atoms with Crippen molar-refractivity contribution in [3.05, 3.63) is 64.2 Å². The number of rotatable bonds is 4. The molecule has 0 bridgehead atoms. The number of H-pyrrole nitrogens is 1. The lowest BCUT2D eigenvalue weighted by Gasteiger charge is -2.36. The van der Waals surface area contributed by atoms with E-state index in [2.05, 4.69) is 15.2 Å². The fourth-order valence-corrected chi connectivity index (χ4v) is 4.91. The highest BCUT2D eigenvalue weighted by Gasteiger charge is 2.25. The van der Waals surface area contributed by atoms with Crippen LogP contribution in [0.15, 0.2) is 47.3 Å². The minimum atomic E-state index is -0.296. The maximum atomic E-state index is 13.3. The van der Waals surface area contributed by atoms with Crippen molar-refractivity contribution in [3.8, 4) is 11.5 Å². The molecule has 172 valence electrons. The van der Waals surface area contributed by atoms with Gasteiger partial charge in [0.15, 0.2) is 16.6 Å². The van der Waals surface area contributed by atoms with Gasteiger partial charge in [-0.15, -0.1) is 0 Å². The highest BCUT2D eigenvalue weighted by atomic mass is 32.1. The predicted octanol–water partition coefficient (Wildman–Crippen LogP) is 4.97. The number of anilines is 1. The Labute approximate surface area is 196 Å². The number of nitrogens with zero attached hydrogens (tertiary/aromatic N) is 1. The number of aromatic amines is 1. The standard InChI is InChI=1S/C25H26FN3O3S/c26-18-6-8-19(9-7-18)27-25(33)29(20-4-2-1-3-5-20)15-17-12-16-13-22-23(32-11-10-31-22)14-21(16)28-24(17)30/h6-9,12-14,20H,1-5,10-11,15H2,(H,27,33)(H,28,30). The van der Waals surface area contributed by atoms with Gasteiger partial charge in [-0.3, -0.25) is 4.79 Å². The first-order valence-electron chi connectivity index (χ1n) is 11.4. The zero-order valence-corrected chi connectivity index (χ0v) is 19.1. The molecule has 0 spiro atoms. The van der Waals surface area contributed by atoms with Crippen molar-refractivity contribution in [2.24, 2.45) is 0 Å². The second-order valence-corrected chi connectivity index (χ2v) is 8.95. The summed E-state index contributed by atoms with van der Waals surface area (Å²) in [7, 11) is 0. The van der Waals surface area contributed by atoms with Crippen molar-refractivity contribution in [3.63, 3.8) is 0 Å². The molecule has 1 aliphatic carbocycles. The van der Waals surface area contributed by atoms with Gasteiger partial charge in [-0.1, -0.05) is 19.3 Å². The van der Waals surface area contributed by atoms with Gasteiger partial charge in [-0.25, -0.2) is 4.39 Å². The number of hydrogen-bond donors (Lipinski definition) is 2. The quantitative estimate of drug-likeness (QED) is 0.528. The summed E-state index contributed by atoms with van der Waals surface area (Å²) in [6, 6.07) is 12.0. The summed E-state index contributed by atoms with van der Waals surface area (Å²) >= 11 is 5.76. The van der Waals surface area contributed by atoms with Gasteiger partial charge in [-0.2, -0.15) is 0 Å². The zero-order valence-electron chi connectivity index (χ0n) is 18.2. The maximum Gasteiger partial charge on any atom is 0.253 e. The molecular weight excluding hydrogens is 441 g/mol. The molecule has 1 aromatic heterocycles. The lowest BCUT2D eigenvalue weighted by molar-refractivity contribution is 0.172. The summed E-state index contributed by atoms with van der Waals surface area (Å²) in [5.41, 5.74) is 1.92. The molecule has 1 aliphatic heterocycles. The number of ether oxygens (including phenoxy) is 2. The summed E-state index contributed by atoms with van der Waals surface area (Å²) in [4.78, 5) is 18.1. The molecule has 3 aromatic rings. The Morgan fingerprint density at radius 1 is 1.06 bits per heavy atom. The molecule has 2 aromatic carbocycles. The van der Waals surface area contributed by atoms with Crippen LogP contribution in [-0.2, 0) is 6.54 Å². The number of pyridine rings is 1. The molecule has 1 saturated carbocycles. The molecule has 0 radical (unpaired) electrons. The molecule has 8 heteroatoms. The Kier molecular flexibility index (Phi) is 6.17. The van der Waals surface area contributed by atoms with Crippen LogP contribution in [0.3, 0.4) is 0 Å². The van der Waals surface area contributed by atoms with Crippen molar-refractivity contribution in [2.45, 2.75) is 44.7 Å².